The number of aromatic nitrogens is 2. The van der Waals surface area contributed by atoms with E-state index in [-0.39, 0.29) is 30.2 Å². The maximum absolute atomic E-state index is 13.8. The molecule has 0 aliphatic rings. The number of aromatic amines is 1. The lowest BCUT2D eigenvalue weighted by molar-refractivity contribution is 0.0518. The van der Waals surface area contributed by atoms with Crippen LogP contribution in [0, 0.1) is 19.7 Å². The first-order valence-electron chi connectivity index (χ1n) is 10.6. The lowest BCUT2D eigenvalue weighted by Crippen LogP contribution is -2.43. The van der Waals surface area contributed by atoms with Crippen LogP contribution in [-0.4, -0.2) is 45.2 Å². The number of ketones is 1. The third kappa shape index (κ3) is 5.16. The van der Waals surface area contributed by atoms with Gasteiger partial charge in [-0.2, -0.15) is 0 Å². The number of nitrogens with zero attached hydrogens (tertiary/aromatic N) is 2. The van der Waals surface area contributed by atoms with E-state index in [2.05, 4.69) is 9.97 Å². The van der Waals surface area contributed by atoms with Gasteiger partial charge in [-0.3, -0.25) is 14.6 Å². The zero-order valence-electron chi connectivity index (χ0n) is 19.0. The highest BCUT2D eigenvalue weighted by molar-refractivity contribution is 6.07. The third-order valence-corrected chi connectivity index (χ3v) is 5.42. The van der Waals surface area contributed by atoms with Crippen LogP contribution in [0.25, 0.3) is 0 Å². The van der Waals surface area contributed by atoms with Gasteiger partial charge in [0.25, 0.3) is 5.91 Å². The molecule has 2 aromatic heterocycles. The molecule has 2 heterocycles. The Morgan fingerprint density at radius 2 is 1.94 bits per heavy atom. The van der Waals surface area contributed by atoms with Crippen LogP contribution in [0.2, 0.25) is 0 Å². The van der Waals surface area contributed by atoms with Crippen LogP contribution in [0.5, 0.6) is 0 Å². The summed E-state index contributed by atoms with van der Waals surface area (Å²) in [5, 5.41) is 0. The van der Waals surface area contributed by atoms with E-state index in [0.717, 1.165) is 11.6 Å². The number of Topliss-reactive ketones (excluding diaryl/α,β-unsaturated/α-hetero) is 1. The summed E-state index contributed by atoms with van der Waals surface area (Å²) in [5.41, 5.74) is 2.35. The van der Waals surface area contributed by atoms with Gasteiger partial charge >= 0.3 is 5.97 Å². The highest BCUT2D eigenvalue weighted by Crippen LogP contribution is 2.24. The molecule has 7 nitrogen and oxygen atoms in total. The molecule has 1 N–H and O–H groups in total. The lowest BCUT2D eigenvalue weighted by Gasteiger charge is -2.29. The summed E-state index contributed by atoms with van der Waals surface area (Å²) in [7, 11) is 0. The smallest absolute Gasteiger partial charge is 0.355 e. The zero-order chi connectivity index (χ0) is 24.1. The molecule has 0 radical (unpaired) electrons. The van der Waals surface area contributed by atoms with Crippen molar-refractivity contribution in [2.75, 3.05) is 6.61 Å². The van der Waals surface area contributed by atoms with Crippen LogP contribution in [0.3, 0.4) is 0 Å². The van der Waals surface area contributed by atoms with E-state index in [0.29, 0.717) is 16.8 Å². The number of hydrogen-bond donors (Lipinski definition) is 1. The Balaban J connectivity index is 1.99. The highest BCUT2D eigenvalue weighted by atomic mass is 19.1. The van der Waals surface area contributed by atoms with Gasteiger partial charge in [-0.15, -0.1) is 0 Å². The van der Waals surface area contributed by atoms with Gasteiger partial charge in [0, 0.05) is 35.8 Å². The summed E-state index contributed by atoms with van der Waals surface area (Å²) in [6, 6.07) is 7.97. The fourth-order valence-corrected chi connectivity index (χ4v) is 3.74. The van der Waals surface area contributed by atoms with Crippen molar-refractivity contribution in [3.8, 4) is 0 Å². The van der Waals surface area contributed by atoms with Crippen molar-refractivity contribution in [3.05, 3.63) is 88.3 Å². The number of benzene rings is 1. The summed E-state index contributed by atoms with van der Waals surface area (Å²) < 4.78 is 18.9. The van der Waals surface area contributed by atoms with Crippen molar-refractivity contribution >= 4 is 17.7 Å². The number of ether oxygens (including phenoxy) is 1. The predicted octanol–water partition coefficient (Wildman–Crippen LogP) is 4.26. The molecule has 1 atom stereocenters. The predicted molar refractivity (Wildman–Crippen MR) is 121 cm³/mol. The SMILES string of the molecule is CCOC(=O)c1[nH]c(C)c(C(=O)C(C)N(Cc2cccnc2)C(=O)c2cccc(F)c2)c1C. The van der Waals surface area contributed by atoms with Crippen LogP contribution >= 0.6 is 0 Å². The quantitative estimate of drug-likeness (QED) is 0.408. The number of carbonyl (C=O) groups is 3. The Morgan fingerprint density at radius 1 is 1.18 bits per heavy atom. The summed E-state index contributed by atoms with van der Waals surface area (Å²) >= 11 is 0. The molecule has 0 aliphatic carbocycles. The van der Waals surface area contributed by atoms with Crippen molar-refractivity contribution in [1.82, 2.24) is 14.9 Å². The summed E-state index contributed by atoms with van der Waals surface area (Å²) in [5.74, 6) is -1.92. The average molecular weight is 451 g/mol. The number of pyridine rings is 1. The number of carbonyl (C=O) groups excluding carboxylic acids is 3. The Labute approximate surface area is 191 Å². The molecule has 3 aromatic rings. The minimum atomic E-state index is -0.899. The van der Waals surface area contributed by atoms with E-state index in [9.17, 15) is 18.8 Å². The number of halogens is 1. The van der Waals surface area contributed by atoms with Gasteiger partial charge in [0.05, 0.1) is 12.6 Å². The fraction of sp³-hybridized carbons (Fsp3) is 0.280. The van der Waals surface area contributed by atoms with Gasteiger partial charge in [0.1, 0.15) is 11.5 Å². The van der Waals surface area contributed by atoms with E-state index in [1.807, 2.05) is 0 Å². The first-order valence-corrected chi connectivity index (χ1v) is 10.6. The van der Waals surface area contributed by atoms with Gasteiger partial charge in [0.15, 0.2) is 5.78 Å². The molecular weight excluding hydrogens is 425 g/mol. The van der Waals surface area contributed by atoms with Crippen molar-refractivity contribution in [3.63, 3.8) is 0 Å². The lowest BCUT2D eigenvalue weighted by atomic mass is 9.99. The first kappa shape index (κ1) is 23.8. The number of aryl methyl sites for hydroxylation is 1. The number of hydrogen-bond acceptors (Lipinski definition) is 5. The van der Waals surface area contributed by atoms with Gasteiger partial charge in [-0.25, -0.2) is 9.18 Å². The molecule has 0 saturated carbocycles. The molecule has 0 saturated heterocycles. The average Bonchev–Trinajstić information content (AvgIpc) is 3.10. The Morgan fingerprint density at radius 3 is 2.58 bits per heavy atom. The summed E-state index contributed by atoms with van der Waals surface area (Å²) in [6.45, 7) is 6.98. The summed E-state index contributed by atoms with van der Waals surface area (Å²) in [6.07, 6.45) is 3.22. The topological polar surface area (TPSA) is 92.4 Å². The van der Waals surface area contributed by atoms with Crippen LogP contribution in [0.4, 0.5) is 4.39 Å². The molecular formula is C25H26FN3O4. The molecule has 0 aliphatic heterocycles. The molecule has 172 valence electrons. The maximum atomic E-state index is 13.8. The monoisotopic (exact) mass is 451 g/mol. The fourth-order valence-electron chi connectivity index (χ4n) is 3.74. The van der Waals surface area contributed by atoms with Gasteiger partial charge in [0.2, 0.25) is 0 Å². The van der Waals surface area contributed by atoms with Crippen LogP contribution < -0.4 is 0 Å². The highest BCUT2D eigenvalue weighted by Gasteiger charge is 2.32. The molecule has 1 aromatic carbocycles. The van der Waals surface area contributed by atoms with Crippen molar-refractivity contribution < 1.29 is 23.5 Å². The number of nitrogens with one attached hydrogen (secondary N) is 1. The van der Waals surface area contributed by atoms with Crippen LogP contribution in [-0.2, 0) is 11.3 Å². The molecule has 33 heavy (non-hydrogen) atoms. The van der Waals surface area contributed by atoms with E-state index in [1.165, 1.54) is 23.1 Å². The number of esters is 1. The van der Waals surface area contributed by atoms with Crippen molar-refractivity contribution in [2.45, 2.75) is 40.3 Å². The molecule has 3 rings (SSSR count). The third-order valence-electron chi connectivity index (χ3n) is 5.42. The second-order valence-electron chi connectivity index (χ2n) is 7.69. The maximum Gasteiger partial charge on any atom is 0.355 e. The van der Waals surface area contributed by atoms with Gasteiger partial charge < -0.3 is 14.6 Å². The van der Waals surface area contributed by atoms with Crippen molar-refractivity contribution in [1.29, 1.82) is 0 Å². The Bertz CT molecular complexity index is 1170. The summed E-state index contributed by atoms with van der Waals surface area (Å²) in [4.78, 5) is 47.5. The van der Waals surface area contributed by atoms with Gasteiger partial charge in [-0.1, -0.05) is 12.1 Å². The van der Waals surface area contributed by atoms with E-state index in [1.54, 1.807) is 52.2 Å². The second kappa shape index (κ2) is 10.2. The number of H-pyrrole nitrogens is 1. The molecule has 1 amide bonds. The molecule has 8 heteroatoms. The minimum absolute atomic E-state index is 0.101. The standard InChI is InChI=1S/C25H26FN3O4/c1-5-33-25(32)22-15(2)21(16(3)28-22)23(30)17(4)29(14-18-8-7-11-27-13-18)24(31)19-9-6-10-20(26)12-19/h6-13,17,28H,5,14H2,1-4H3. The second-order valence-corrected chi connectivity index (χ2v) is 7.69. The normalized spacial score (nSPS) is 11.7. The Kier molecular flexibility index (Phi) is 7.37. The van der Waals surface area contributed by atoms with E-state index in [4.69, 9.17) is 4.74 Å². The molecule has 0 fully saturated rings. The van der Waals surface area contributed by atoms with E-state index < -0.39 is 23.7 Å². The minimum Gasteiger partial charge on any atom is -0.461 e. The number of rotatable bonds is 8. The van der Waals surface area contributed by atoms with Gasteiger partial charge in [-0.05, 0) is 63.1 Å². The van der Waals surface area contributed by atoms with Crippen LogP contribution in [0.15, 0.2) is 48.8 Å². The Hall–Kier alpha value is -3.81. The largest absolute Gasteiger partial charge is 0.461 e. The molecule has 1 unspecified atom stereocenters. The van der Waals surface area contributed by atoms with E-state index >= 15 is 0 Å². The zero-order valence-corrected chi connectivity index (χ0v) is 19.0. The van der Waals surface area contributed by atoms with Crippen LogP contribution in [0.1, 0.15) is 61.9 Å². The first-order chi connectivity index (χ1) is 15.7. The number of amides is 1. The molecule has 0 spiro atoms. The van der Waals surface area contributed by atoms with Crippen molar-refractivity contribution in [2.24, 2.45) is 0 Å². The molecule has 0 bridgehead atoms.